The van der Waals surface area contributed by atoms with Gasteiger partial charge in [0.1, 0.15) is 0 Å². The summed E-state index contributed by atoms with van der Waals surface area (Å²) in [5.74, 6) is 0.0441. The minimum atomic E-state index is 0.0441. The SMILES string of the molecule is CCNCCC(=O)Nc1ccc(Br)c(C)c1. The molecule has 0 bridgehead atoms. The van der Waals surface area contributed by atoms with Gasteiger partial charge in [-0.25, -0.2) is 0 Å². The summed E-state index contributed by atoms with van der Waals surface area (Å²) in [6.07, 6.45) is 0.503. The van der Waals surface area contributed by atoms with Crippen molar-refractivity contribution in [3.8, 4) is 0 Å². The van der Waals surface area contributed by atoms with Gasteiger partial charge in [0, 0.05) is 23.1 Å². The average molecular weight is 285 g/mol. The van der Waals surface area contributed by atoms with Crippen molar-refractivity contribution in [3.05, 3.63) is 28.2 Å². The molecule has 0 atom stereocenters. The van der Waals surface area contributed by atoms with Gasteiger partial charge in [0.2, 0.25) is 5.91 Å². The molecule has 4 heteroatoms. The van der Waals surface area contributed by atoms with Gasteiger partial charge >= 0.3 is 0 Å². The summed E-state index contributed by atoms with van der Waals surface area (Å²) < 4.78 is 1.05. The minimum Gasteiger partial charge on any atom is -0.326 e. The summed E-state index contributed by atoms with van der Waals surface area (Å²) >= 11 is 3.42. The number of carbonyl (C=O) groups excluding carboxylic acids is 1. The van der Waals surface area contributed by atoms with E-state index in [9.17, 15) is 4.79 Å². The molecule has 0 aliphatic heterocycles. The van der Waals surface area contributed by atoms with E-state index in [0.717, 1.165) is 28.8 Å². The molecule has 0 aliphatic carbocycles. The standard InChI is InChI=1S/C12H17BrN2O/c1-3-14-7-6-12(16)15-10-4-5-11(13)9(2)8-10/h4-5,8,14H,3,6-7H2,1-2H3,(H,15,16). The highest BCUT2D eigenvalue weighted by Gasteiger charge is 2.02. The zero-order valence-corrected chi connectivity index (χ0v) is 11.2. The smallest absolute Gasteiger partial charge is 0.225 e. The lowest BCUT2D eigenvalue weighted by molar-refractivity contribution is -0.116. The largest absolute Gasteiger partial charge is 0.326 e. The Balaban J connectivity index is 2.46. The summed E-state index contributed by atoms with van der Waals surface area (Å²) in [6, 6.07) is 5.78. The van der Waals surface area contributed by atoms with Gasteiger partial charge in [-0.1, -0.05) is 22.9 Å². The molecule has 1 amide bonds. The predicted octanol–water partition coefficient (Wildman–Crippen LogP) is 2.70. The third-order valence-electron chi connectivity index (χ3n) is 2.22. The molecule has 0 saturated carbocycles. The van der Waals surface area contributed by atoms with E-state index in [2.05, 4.69) is 26.6 Å². The van der Waals surface area contributed by atoms with Gasteiger partial charge < -0.3 is 10.6 Å². The third-order valence-corrected chi connectivity index (χ3v) is 3.11. The van der Waals surface area contributed by atoms with E-state index in [1.54, 1.807) is 0 Å². The first-order chi connectivity index (χ1) is 7.63. The van der Waals surface area contributed by atoms with Gasteiger partial charge in [0.05, 0.1) is 0 Å². The van der Waals surface area contributed by atoms with E-state index < -0.39 is 0 Å². The number of amides is 1. The van der Waals surface area contributed by atoms with Crippen molar-refractivity contribution in [1.29, 1.82) is 0 Å². The maximum absolute atomic E-state index is 11.5. The first kappa shape index (κ1) is 13.2. The Labute approximate surface area is 105 Å². The fourth-order valence-corrected chi connectivity index (χ4v) is 1.57. The highest BCUT2D eigenvalue weighted by Crippen LogP contribution is 2.19. The van der Waals surface area contributed by atoms with Crippen LogP contribution in [0.4, 0.5) is 5.69 Å². The second-order valence-corrected chi connectivity index (χ2v) is 4.47. The van der Waals surface area contributed by atoms with Crippen LogP contribution < -0.4 is 10.6 Å². The summed E-state index contributed by atoms with van der Waals surface area (Å²) in [6.45, 7) is 5.64. The van der Waals surface area contributed by atoms with E-state index in [4.69, 9.17) is 0 Å². The van der Waals surface area contributed by atoms with Crippen LogP contribution in [0.1, 0.15) is 18.9 Å². The van der Waals surface area contributed by atoms with Crippen LogP contribution in [0.25, 0.3) is 0 Å². The van der Waals surface area contributed by atoms with Crippen molar-refractivity contribution in [2.45, 2.75) is 20.3 Å². The van der Waals surface area contributed by atoms with Crippen molar-refractivity contribution in [2.75, 3.05) is 18.4 Å². The molecule has 0 fully saturated rings. The first-order valence-corrected chi connectivity index (χ1v) is 6.19. The summed E-state index contributed by atoms with van der Waals surface area (Å²) in [7, 11) is 0. The van der Waals surface area contributed by atoms with E-state index in [0.29, 0.717) is 6.42 Å². The Morgan fingerprint density at radius 1 is 1.44 bits per heavy atom. The van der Waals surface area contributed by atoms with Gasteiger partial charge in [-0.15, -0.1) is 0 Å². The first-order valence-electron chi connectivity index (χ1n) is 5.40. The molecule has 1 aromatic rings. The van der Waals surface area contributed by atoms with Crippen molar-refractivity contribution in [3.63, 3.8) is 0 Å². The number of halogens is 1. The zero-order valence-electron chi connectivity index (χ0n) is 9.64. The Morgan fingerprint density at radius 3 is 2.81 bits per heavy atom. The Morgan fingerprint density at radius 2 is 2.19 bits per heavy atom. The van der Waals surface area contributed by atoms with Crippen LogP contribution >= 0.6 is 15.9 Å². The molecule has 0 unspecified atom stereocenters. The normalized spacial score (nSPS) is 10.2. The molecule has 2 N–H and O–H groups in total. The molecule has 1 aromatic carbocycles. The topological polar surface area (TPSA) is 41.1 Å². The lowest BCUT2D eigenvalue weighted by Crippen LogP contribution is -2.21. The Hall–Kier alpha value is -0.870. The highest BCUT2D eigenvalue weighted by atomic mass is 79.9. The molecule has 0 saturated heterocycles. The molecular weight excluding hydrogens is 268 g/mol. The van der Waals surface area contributed by atoms with E-state index in [1.807, 2.05) is 32.0 Å². The number of aryl methyl sites for hydroxylation is 1. The van der Waals surface area contributed by atoms with Crippen LogP contribution in [0.3, 0.4) is 0 Å². The maximum atomic E-state index is 11.5. The van der Waals surface area contributed by atoms with E-state index in [-0.39, 0.29) is 5.91 Å². The van der Waals surface area contributed by atoms with Gasteiger partial charge in [-0.3, -0.25) is 4.79 Å². The predicted molar refractivity (Wildman–Crippen MR) is 70.7 cm³/mol. The lowest BCUT2D eigenvalue weighted by atomic mass is 10.2. The molecule has 88 valence electrons. The molecule has 0 aromatic heterocycles. The quantitative estimate of drug-likeness (QED) is 0.817. The fourth-order valence-electron chi connectivity index (χ4n) is 1.32. The molecule has 0 aliphatic rings. The molecule has 0 spiro atoms. The van der Waals surface area contributed by atoms with Crippen LogP contribution in [0.2, 0.25) is 0 Å². The summed E-state index contributed by atoms with van der Waals surface area (Å²) in [5.41, 5.74) is 1.96. The average Bonchev–Trinajstić information content (AvgIpc) is 2.24. The van der Waals surface area contributed by atoms with Crippen LogP contribution in [-0.4, -0.2) is 19.0 Å². The van der Waals surface area contributed by atoms with Crippen LogP contribution in [0.5, 0.6) is 0 Å². The zero-order chi connectivity index (χ0) is 12.0. The molecule has 1 rings (SSSR count). The van der Waals surface area contributed by atoms with Gasteiger partial charge in [-0.2, -0.15) is 0 Å². The molecule has 0 radical (unpaired) electrons. The van der Waals surface area contributed by atoms with Gasteiger partial charge in [0.15, 0.2) is 0 Å². The molecular formula is C12H17BrN2O. The van der Waals surface area contributed by atoms with E-state index in [1.165, 1.54) is 0 Å². The number of nitrogens with one attached hydrogen (secondary N) is 2. The van der Waals surface area contributed by atoms with Crippen LogP contribution in [0, 0.1) is 6.92 Å². The van der Waals surface area contributed by atoms with Gasteiger partial charge in [-0.05, 0) is 37.2 Å². The third kappa shape index (κ3) is 4.33. The number of benzene rings is 1. The molecule has 16 heavy (non-hydrogen) atoms. The summed E-state index contributed by atoms with van der Waals surface area (Å²) in [5, 5.41) is 5.99. The number of carbonyl (C=O) groups is 1. The van der Waals surface area contributed by atoms with E-state index >= 15 is 0 Å². The van der Waals surface area contributed by atoms with Crippen molar-refractivity contribution in [2.24, 2.45) is 0 Å². The van der Waals surface area contributed by atoms with Crippen molar-refractivity contribution < 1.29 is 4.79 Å². The fraction of sp³-hybridized carbons (Fsp3) is 0.417. The highest BCUT2D eigenvalue weighted by molar-refractivity contribution is 9.10. The van der Waals surface area contributed by atoms with Crippen LogP contribution in [0.15, 0.2) is 22.7 Å². The lowest BCUT2D eigenvalue weighted by Gasteiger charge is -2.07. The molecule has 0 heterocycles. The minimum absolute atomic E-state index is 0.0441. The second kappa shape index (κ2) is 6.66. The second-order valence-electron chi connectivity index (χ2n) is 3.62. The maximum Gasteiger partial charge on any atom is 0.225 e. The summed E-state index contributed by atoms with van der Waals surface area (Å²) in [4.78, 5) is 11.5. The monoisotopic (exact) mass is 284 g/mol. The van der Waals surface area contributed by atoms with Crippen molar-refractivity contribution in [1.82, 2.24) is 5.32 Å². The Bertz CT molecular complexity index is 366. The van der Waals surface area contributed by atoms with Crippen LogP contribution in [-0.2, 0) is 4.79 Å². The molecule has 3 nitrogen and oxygen atoms in total. The number of rotatable bonds is 5. The Kier molecular flexibility index (Phi) is 5.49. The van der Waals surface area contributed by atoms with Gasteiger partial charge in [0.25, 0.3) is 0 Å². The number of hydrogen-bond acceptors (Lipinski definition) is 2. The van der Waals surface area contributed by atoms with Crippen molar-refractivity contribution >= 4 is 27.5 Å². The number of hydrogen-bond donors (Lipinski definition) is 2. The number of anilines is 1.